The van der Waals surface area contributed by atoms with Gasteiger partial charge in [-0.25, -0.2) is 4.79 Å². The number of hydrogen-bond acceptors (Lipinski definition) is 2. The van der Waals surface area contributed by atoms with Crippen molar-refractivity contribution in [2.24, 2.45) is 0 Å². The minimum atomic E-state index is -0.939. The minimum Gasteiger partial charge on any atom is -0.478 e. The molecule has 0 saturated heterocycles. The third-order valence-corrected chi connectivity index (χ3v) is 1.52. The number of rotatable bonds is 1. The first-order valence-corrected chi connectivity index (χ1v) is 4.18. The van der Waals surface area contributed by atoms with Crippen LogP contribution < -0.4 is 0 Å². The molecule has 0 atom stereocenters. The van der Waals surface area contributed by atoms with E-state index in [0.29, 0.717) is 4.90 Å². The zero-order chi connectivity index (χ0) is 9.56. The molecule has 1 N–H and O–H groups in total. The van der Waals surface area contributed by atoms with E-state index in [9.17, 15) is 4.79 Å². The van der Waals surface area contributed by atoms with Crippen LogP contribution in [-0.4, -0.2) is 11.1 Å². The summed E-state index contributed by atoms with van der Waals surface area (Å²) >= 11 is 3.96. The van der Waals surface area contributed by atoms with Gasteiger partial charge in [0.15, 0.2) is 0 Å². The van der Waals surface area contributed by atoms with Gasteiger partial charge in [-0.2, -0.15) is 0 Å². The topological polar surface area (TPSA) is 37.3 Å². The minimum absolute atomic E-state index is 0.242. The molecule has 0 spiro atoms. The van der Waals surface area contributed by atoms with Gasteiger partial charge in [-0.15, -0.1) is 12.6 Å². The maximum absolute atomic E-state index is 10.4. The molecule has 0 aliphatic rings. The van der Waals surface area contributed by atoms with Gasteiger partial charge < -0.3 is 5.11 Å². The molecule has 0 radical (unpaired) electrons. The Kier molecular flexibility index (Phi) is 5.21. The highest BCUT2D eigenvalue weighted by atomic mass is 32.1. The van der Waals surface area contributed by atoms with E-state index < -0.39 is 5.97 Å². The summed E-state index contributed by atoms with van der Waals surface area (Å²) in [4.78, 5) is 10.9. The lowest BCUT2D eigenvalue weighted by atomic mass is 10.2. The van der Waals surface area contributed by atoms with Crippen molar-refractivity contribution < 1.29 is 9.90 Å². The molecule has 0 aromatic heterocycles. The smallest absolute Gasteiger partial charge is 0.336 e. The van der Waals surface area contributed by atoms with Crippen molar-refractivity contribution in [3.8, 4) is 0 Å². The second-order valence-electron chi connectivity index (χ2n) is 1.82. The standard InChI is InChI=1S/C7H6O2S.C2H6/c8-7(9)5-3-1-2-4-6(5)10;1-2/h1-4,10H,(H,8,9);1-2H3. The normalized spacial score (nSPS) is 8.25. The molecule has 0 amide bonds. The molecule has 0 heterocycles. The number of carboxylic acid groups (broad SMARTS) is 1. The summed E-state index contributed by atoms with van der Waals surface area (Å²) in [5.41, 5.74) is 0.242. The molecule has 1 aromatic carbocycles. The molecular weight excluding hydrogens is 172 g/mol. The highest BCUT2D eigenvalue weighted by Gasteiger charge is 2.03. The van der Waals surface area contributed by atoms with Gasteiger partial charge in [0.1, 0.15) is 0 Å². The molecule has 0 fully saturated rings. The monoisotopic (exact) mass is 184 g/mol. The van der Waals surface area contributed by atoms with Crippen molar-refractivity contribution in [2.75, 3.05) is 0 Å². The third kappa shape index (κ3) is 2.96. The van der Waals surface area contributed by atoms with E-state index in [1.54, 1.807) is 18.2 Å². The predicted octanol–water partition coefficient (Wildman–Crippen LogP) is 2.70. The van der Waals surface area contributed by atoms with Gasteiger partial charge >= 0.3 is 5.97 Å². The van der Waals surface area contributed by atoms with E-state index in [1.165, 1.54) is 6.07 Å². The van der Waals surface area contributed by atoms with Crippen molar-refractivity contribution in [3.05, 3.63) is 29.8 Å². The van der Waals surface area contributed by atoms with Crippen LogP contribution in [0.4, 0.5) is 0 Å². The van der Waals surface area contributed by atoms with Crippen LogP contribution in [0.3, 0.4) is 0 Å². The Morgan fingerprint density at radius 3 is 2.17 bits per heavy atom. The SMILES string of the molecule is CC.O=C(O)c1ccccc1S. The van der Waals surface area contributed by atoms with Gasteiger partial charge in [-0.05, 0) is 12.1 Å². The Hall–Kier alpha value is -0.960. The molecule has 0 aliphatic carbocycles. The summed E-state index contributed by atoms with van der Waals surface area (Å²) in [6.07, 6.45) is 0. The van der Waals surface area contributed by atoms with Crippen LogP contribution >= 0.6 is 12.6 Å². The van der Waals surface area contributed by atoms with Crippen LogP contribution in [0, 0.1) is 0 Å². The zero-order valence-corrected chi connectivity index (χ0v) is 8.01. The van der Waals surface area contributed by atoms with Crippen LogP contribution in [0.5, 0.6) is 0 Å². The van der Waals surface area contributed by atoms with Crippen molar-refractivity contribution >= 4 is 18.6 Å². The van der Waals surface area contributed by atoms with Crippen LogP contribution in [0.25, 0.3) is 0 Å². The molecule has 2 nitrogen and oxygen atoms in total. The van der Waals surface area contributed by atoms with E-state index in [1.807, 2.05) is 13.8 Å². The average Bonchev–Trinajstić information content (AvgIpc) is 2.08. The summed E-state index contributed by atoms with van der Waals surface area (Å²) in [6.45, 7) is 4.00. The summed E-state index contributed by atoms with van der Waals surface area (Å²) in [7, 11) is 0. The van der Waals surface area contributed by atoms with Gasteiger partial charge in [0.25, 0.3) is 0 Å². The molecule has 1 aromatic rings. The second-order valence-corrected chi connectivity index (χ2v) is 2.30. The van der Waals surface area contributed by atoms with Crippen molar-refractivity contribution in [1.82, 2.24) is 0 Å². The maximum atomic E-state index is 10.4. The summed E-state index contributed by atoms with van der Waals surface area (Å²) in [5.74, 6) is -0.939. The average molecular weight is 184 g/mol. The Balaban J connectivity index is 0.000000561. The van der Waals surface area contributed by atoms with E-state index in [-0.39, 0.29) is 5.56 Å². The second kappa shape index (κ2) is 5.66. The van der Waals surface area contributed by atoms with E-state index in [2.05, 4.69) is 12.6 Å². The highest BCUT2D eigenvalue weighted by Crippen LogP contribution is 2.11. The van der Waals surface area contributed by atoms with Crippen LogP contribution in [0.1, 0.15) is 24.2 Å². The van der Waals surface area contributed by atoms with Crippen molar-refractivity contribution in [3.63, 3.8) is 0 Å². The molecule has 1 rings (SSSR count). The highest BCUT2D eigenvalue weighted by molar-refractivity contribution is 7.80. The number of thiol groups is 1. The maximum Gasteiger partial charge on any atom is 0.336 e. The van der Waals surface area contributed by atoms with E-state index >= 15 is 0 Å². The fraction of sp³-hybridized carbons (Fsp3) is 0.222. The zero-order valence-electron chi connectivity index (χ0n) is 7.11. The lowest BCUT2D eigenvalue weighted by molar-refractivity contribution is 0.0693. The molecule has 3 heteroatoms. The van der Waals surface area contributed by atoms with E-state index in [0.717, 1.165) is 0 Å². The molecule has 66 valence electrons. The summed E-state index contributed by atoms with van der Waals surface area (Å²) < 4.78 is 0. The molecule has 0 aliphatic heterocycles. The summed E-state index contributed by atoms with van der Waals surface area (Å²) in [6, 6.07) is 6.58. The number of carbonyl (C=O) groups is 1. The van der Waals surface area contributed by atoms with Crippen LogP contribution in [0.15, 0.2) is 29.2 Å². The third-order valence-electron chi connectivity index (χ3n) is 1.13. The van der Waals surface area contributed by atoms with Crippen molar-refractivity contribution in [1.29, 1.82) is 0 Å². The largest absolute Gasteiger partial charge is 0.478 e. The molecule has 0 unspecified atom stereocenters. The number of benzene rings is 1. The number of aromatic carboxylic acids is 1. The molecule has 0 bridgehead atoms. The van der Waals surface area contributed by atoms with Gasteiger partial charge in [0, 0.05) is 4.90 Å². The van der Waals surface area contributed by atoms with Crippen LogP contribution in [0.2, 0.25) is 0 Å². The first kappa shape index (κ1) is 11.0. The van der Waals surface area contributed by atoms with E-state index in [4.69, 9.17) is 5.11 Å². The first-order chi connectivity index (χ1) is 5.72. The lowest BCUT2D eigenvalue weighted by Crippen LogP contribution is -1.96. The predicted molar refractivity (Wildman–Crippen MR) is 52.0 cm³/mol. The fourth-order valence-corrected chi connectivity index (χ4v) is 0.911. The number of carboxylic acids is 1. The van der Waals surface area contributed by atoms with Gasteiger partial charge in [0.05, 0.1) is 5.56 Å². The van der Waals surface area contributed by atoms with Gasteiger partial charge in [-0.3, -0.25) is 0 Å². The Labute approximate surface area is 77.6 Å². The molecule has 12 heavy (non-hydrogen) atoms. The molecular formula is C9H12O2S. The molecule has 0 saturated carbocycles. The van der Waals surface area contributed by atoms with Crippen molar-refractivity contribution in [2.45, 2.75) is 18.7 Å². The Morgan fingerprint density at radius 1 is 1.33 bits per heavy atom. The summed E-state index contributed by atoms with van der Waals surface area (Å²) in [5, 5.41) is 8.52. The van der Waals surface area contributed by atoms with Gasteiger partial charge in [0.2, 0.25) is 0 Å². The van der Waals surface area contributed by atoms with Gasteiger partial charge in [-0.1, -0.05) is 26.0 Å². The Bertz CT molecular complexity index is 258. The Morgan fingerprint density at radius 2 is 1.83 bits per heavy atom. The number of hydrogen-bond donors (Lipinski definition) is 2. The lowest BCUT2D eigenvalue weighted by Gasteiger charge is -1.95. The first-order valence-electron chi connectivity index (χ1n) is 3.73. The van der Waals surface area contributed by atoms with Crippen LogP contribution in [-0.2, 0) is 0 Å². The fourth-order valence-electron chi connectivity index (χ4n) is 0.654. The quantitative estimate of drug-likeness (QED) is 0.658.